The number of aromatic nitrogens is 1. The molecule has 1 amide bonds. The summed E-state index contributed by atoms with van der Waals surface area (Å²) in [6.45, 7) is 3.67. The molecule has 2 aliphatic heterocycles. The Hall–Kier alpha value is -1.36. The van der Waals surface area contributed by atoms with Gasteiger partial charge < -0.3 is 14.6 Å². The molecule has 3 heterocycles. The first-order valence-corrected chi connectivity index (χ1v) is 6.80. The minimum atomic E-state index is 0.0197. The fourth-order valence-corrected chi connectivity index (χ4v) is 2.72. The van der Waals surface area contributed by atoms with Crippen molar-refractivity contribution in [2.75, 3.05) is 26.2 Å². The van der Waals surface area contributed by atoms with E-state index in [1.54, 1.807) is 0 Å². The number of rotatable bonds is 2. The highest BCUT2D eigenvalue weighted by Crippen LogP contribution is 2.23. The second kappa shape index (κ2) is 5.10. The molecule has 2 saturated heterocycles. The van der Waals surface area contributed by atoms with Crippen molar-refractivity contribution in [3.8, 4) is 0 Å². The fourth-order valence-electron chi connectivity index (χ4n) is 2.72. The largest absolute Gasteiger partial charge is 0.448 e. The van der Waals surface area contributed by atoms with Crippen LogP contribution >= 0.6 is 0 Å². The molecule has 98 valence electrons. The molecular weight excluding hydrogens is 230 g/mol. The average Bonchev–Trinajstić information content (AvgIpc) is 3.10. The molecule has 1 atom stereocenters. The van der Waals surface area contributed by atoms with E-state index in [1.165, 1.54) is 6.26 Å². The van der Waals surface area contributed by atoms with Crippen molar-refractivity contribution < 1.29 is 9.21 Å². The molecule has 2 aliphatic rings. The van der Waals surface area contributed by atoms with E-state index in [2.05, 4.69) is 10.3 Å². The van der Waals surface area contributed by atoms with Gasteiger partial charge in [-0.2, -0.15) is 0 Å². The van der Waals surface area contributed by atoms with E-state index in [0.717, 1.165) is 51.9 Å². The Morgan fingerprint density at radius 2 is 2.22 bits per heavy atom. The van der Waals surface area contributed by atoms with Crippen molar-refractivity contribution in [3.63, 3.8) is 0 Å². The molecule has 18 heavy (non-hydrogen) atoms. The van der Waals surface area contributed by atoms with Crippen molar-refractivity contribution in [3.05, 3.63) is 17.8 Å². The lowest BCUT2D eigenvalue weighted by atomic mass is 10.00. The van der Waals surface area contributed by atoms with Crippen LogP contribution in [-0.2, 0) is 0 Å². The number of oxazole rings is 1. The fraction of sp³-hybridized carbons (Fsp3) is 0.692. The molecule has 5 heteroatoms. The summed E-state index contributed by atoms with van der Waals surface area (Å²) in [4.78, 5) is 18.4. The Bertz CT molecular complexity index is 418. The number of hydrogen-bond acceptors (Lipinski definition) is 4. The molecule has 0 saturated carbocycles. The van der Waals surface area contributed by atoms with Crippen LogP contribution in [0.4, 0.5) is 0 Å². The van der Waals surface area contributed by atoms with Crippen molar-refractivity contribution >= 4 is 5.91 Å². The third-order valence-corrected chi connectivity index (χ3v) is 3.78. The molecule has 3 rings (SSSR count). The smallest absolute Gasteiger partial charge is 0.275 e. The van der Waals surface area contributed by atoms with Crippen molar-refractivity contribution in [2.24, 2.45) is 0 Å². The van der Waals surface area contributed by atoms with E-state index in [0.29, 0.717) is 17.5 Å². The molecule has 2 fully saturated rings. The number of amides is 1. The maximum absolute atomic E-state index is 12.1. The zero-order chi connectivity index (χ0) is 12.4. The highest BCUT2D eigenvalue weighted by atomic mass is 16.3. The SMILES string of the molecule is O=C(c1coc(C2CCCNC2)n1)N1CCCC1. The van der Waals surface area contributed by atoms with E-state index in [9.17, 15) is 4.79 Å². The van der Waals surface area contributed by atoms with Gasteiger partial charge in [0.05, 0.1) is 0 Å². The van der Waals surface area contributed by atoms with E-state index >= 15 is 0 Å². The summed E-state index contributed by atoms with van der Waals surface area (Å²) in [5.41, 5.74) is 0.470. The van der Waals surface area contributed by atoms with Crippen molar-refractivity contribution in [1.29, 1.82) is 0 Å². The standard InChI is InChI=1S/C13H19N3O2/c17-13(16-6-1-2-7-16)11-9-18-12(15-11)10-4-3-5-14-8-10/h9-10,14H,1-8H2. The third kappa shape index (κ3) is 2.27. The Kier molecular flexibility index (Phi) is 3.32. The van der Waals surface area contributed by atoms with Gasteiger partial charge in [0.25, 0.3) is 5.91 Å². The van der Waals surface area contributed by atoms with Crippen LogP contribution < -0.4 is 5.32 Å². The van der Waals surface area contributed by atoms with Gasteiger partial charge in [0, 0.05) is 25.6 Å². The molecule has 1 unspecified atom stereocenters. The maximum atomic E-state index is 12.1. The number of carbonyl (C=O) groups is 1. The minimum Gasteiger partial charge on any atom is -0.448 e. The highest BCUT2D eigenvalue weighted by molar-refractivity contribution is 5.92. The lowest BCUT2D eigenvalue weighted by Gasteiger charge is -2.19. The molecule has 0 aromatic carbocycles. The summed E-state index contributed by atoms with van der Waals surface area (Å²) in [5.74, 6) is 1.05. The van der Waals surface area contributed by atoms with E-state index < -0.39 is 0 Å². The summed E-state index contributed by atoms with van der Waals surface area (Å²) in [7, 11) is 0. The van der Waals surface area contributed by atoms with Gasteiger partial charge in [-0.15, -0.1) is 0 Å². The first kappa shape index (κ1) is 11.7. The molecule has 5 nitrogen and oxygen atoms in total. The third-order valence-electron chi connectivity index (χ3n) is 3.78. The van der Waals surface area contributed by atoms with Crippen LogP contribution in [-0.4, -0.2) is 42.0 Å². The summed E-state index contributed by atoms with van der Waals surface area (Å²) in [5, 5.41) is 3.33. The van der Waals surface area contributed by atoms with E-state index in [1.807, 2.05) is 4.90 Å². The van der Waals surface area contributed by atoms with Gasteiger partial charge in [-0.1, -0.05) is 0 Å². The first-order chi connectivity index (χ1) is 8.84. The number of carbonyl (C=O) groups excluding carboxylic acids is 1. The van der Waals surface area contributed by atoms with Gasteiger partial charge in [-0.05, 0) is 32.2 Å². The van der Waals surface area contributed by atoms with Crippen LogP contribution in [0.3, 0.4) is 0 Å². The molecule has 1 aromatic rings. The normalized spacial score (nSPS) is 24.4. The topological polar surface area (TPSA) is 58.4 Å². The van der Waals surface area contributed by atoms with Crippen LogP contribution in [0.25, 0.3) is 0 Å². The van der Waals surface area contributed by atoms with E-state index in [-0.39, 0.29) is 5.91 Å². The average molecular weight is 249 g/mol. The summed E-state index contributed by atoms with van der Waals surface area (Å²) in [6.07, 6.45) is 5.95. The lowest BCUT2D eigenvalue weighted by molar-refractivity contribution is 0.0787. The zero-order valence-corrected chi connectivity index (χ0v) is 10.5. The quantitative estimate of drug-likeness (QED) is 0.860. The predicted molar refractivity (Wildman–Crippen MR) is 66.5 cm³/mol. The van der Waals surface area contributed by atoms with Crippen LogP contribution in [0, 0.1) is 0 Å². The Balaban J connectivity index is 1.70. The van der Waals surface area contributed by atoms with Gasteiger partial charge in [-0.25, -0.2) is 4.98 Å². The first-order valence-electron chi connectivity index (χ1n) is 6.80. The summed E-state index contributed by atoms with van der Waals surface area (Å²) >= 11 is 0. The van der Waals surface area contributed by atoms with Gasteiger partial charge in [0.2, 0.25) is 0 Å². The summed E-state index contributed by atoms with van der Waals surface area (Å²) < 4.78 is 5.49. The molecular formula is C13H19N3O2. The van der Waals surface area contributed by atoms with Gasteiger partial charge in [-0.3, -0.25) is 4.79 Å². The Morgan fingerprint density at radius 1 is 1.39 bits per heavy atom. The lowest BCUT2D eigenvalue weighted by Crippen LogP contribution is -2.29. The molecule has 1 N–H and O–H groups in total. The summed E-state index contributed by atoms with van der Waals surface area (Å²) in [6, 6.07) is 0. The Morgan fingerprint density at radius 3 is 2.94 bits per heavy atom. The minimum absolute atomic E-state index is 0.0197. The predicted octanol–water partition coefficient (Wildman–Crippen LogP) is 1.38. The van der Waals surface area contributed by atoms with Crippen LogP contribution in [0.2, 0.25) is 0 Å². The molecule has 0 bridgehead atoms. The maximum Gasteiger partial charge on any atom is 0.275 e. The monoisotopic (exact) mass is 249 g/mol. The number of hydrogen-bond donors (Lipinski definition) is 1. The molecule has 0 spiro atoms. The number of likely N-dealkylation sites (tertiary alicyclic amines) is 1. The Labute approximate surface area is 107 Å². The van der Waals surface area contributed by atoms with E-state index in [4.69, 9.17) is 4.42 Å². The van der Waals surface area contributed by atoms with Crippen molar-refractivity contribution in [1.82, 2.24) is 15.2 Å². The van der Waals surface area contributed by atoms with Crippen LogP contribution in [0.1, 0.15) is 48.0 Å². The molecule has 1 aromatic heterocycles. The second-order valence-electron chi connectivity index (χ2n) is 5.11. The van der Waals surface area contributed by atoms with Crippen LogP contribution in [0.5, 0.6) is 0 Å². The number of nitrogens with zero attached hydrogens (tertiary/aromatic N) is 2. The molecule has 0 radical (unpaired) electrons. The highest BCUT2D eigenvalue weighted by Gasteiger charge is 2.25. The van der Waals surface area contributed by atoms with Gasteiger partial charge in [0.1, 0.15) is 6.26 Å². The van der Waals surface area contributed by atoms with Crippen LogP contribution in [0.15, 0.2) is 10.7 Å². The van der Waals surface area contributed by atoms with Gasteiger partial charge >= 0.3 is 0 Å². The number of piperidine rings is 1. The second-order valence-corrected chi connectivity index (χ2v) is 5.11. The number of nitrogens with one attached hydrogen (secondary N) is 1. The van der Waals surface area contributed by atoms with Gasteiger partial charge in [0.15, 0.2) is 11.6 Å². The molecule has 0 aliphatic carbocycles. The zero-order valence-electron chi connectivity index (χ0n) is 10.5. The van der Waals surface area contributed by atoms with Crippen molar-refractivity contribution in [2.45, 2.75) is 31.6 Å².